The highest BCUT2D eigenvalue weighted by atomic mass is 15.1. The average molecular weight is 707 g/mol. The van der Waals surface area contributed by atoms with E-state index in [4.69, 9.17) is 4.98 Å². The van der Waals surface area contributed by atoms with Gasteiger partial charge in [-0.1, -0.05) is 188 Å². The van der Waals surface area contributed by atoms with Gasteiger partial charge in [0.1, 0.15) is 5.82 Å². The molecular weight excluding hydrogens is 665 g/mol. The Morgan fingerprint density at radius 3 is 1.95 bits per heavy atom. The zero-order valence-corrected chi connectivity index (χ0v) is 30.7. The van der Waals surface area contributed by atoms with E-state index >= 15 is 0 Å². The van der Waals surface area contributed by atoms with Gasteiger partial charge in [0.05, 0.1) is 11.0 Å². The summed E-state index contributed by atoms with van der Waals surface area (Å²) in [4.78, 5) is 5.12. The molecule has 0 radical (unpaired) electrons. The third-order valence-corrected chi connectivity index (χ3v) is 10.7. The van der Waals surface area contributed by atoms with Crippen LogP contribution in [0.1, 0.15) is 18.4 Å². The van der Waals surface area contributed by atoms with Crippen LogP contribution in [0.15, 0.2) is 224 Å². The smallest absolute Gasteiger partial charge is 0.145 e. The number of imidazole rings is 1. The van der Waals surface area contributed by atoms with E-state index in [1.807, 2.05) is 0 Å². The highest BCUT2D eigenvalue weighted by Crippen LogP contribution is 2.35. The molecule has 3 aliphatic carbocycles. The van der Waals surface area contributed by atoms with Gasteiger partial charge in [-0.05, 0) is 87.0 Å². The van der Waals surface area contributed by atoms with Crippen LogP contribution in [0.4, 0.5) is 0 Å². The first-order valence-corrected chi connectivity index (χ1v) is 19.3. The molecule has 2 heteroatoms. The molecule has 1 aromatic heterocycles. The Balaban J connectivity index is 1.24. The first-order valence-electron chi connectivity index (χ1n) is 19.3. The van der Waals surface area contributed by atoms with Crippen LogP contribution < -0.4 is 10.4 Å². The standard InChI is InChI=1S/C53H42N2/c1-2-8-20-40-23-16-17-27-45(40)47(28-14-3-1)48-29-15-5-4-13-26-46(41-21-9-6-10-22-41)50-38-43(36-37-49(48)50)39-32-34-42(35-33-39)53-54-51-30-18-19-31-52(51)55(53)44-24-11-7-12-25-44/h1-3,6-38,40,45H,4-5H2/b2-1-,14-3-,20-8+,26-13+,29-15?,47-28-,49-48+,50-46+. The van der Waals surface area contributed by atoms with Crippen molar-refractivity contribution in [1.29, 1.82) is 0 Å². The van der Waals surface area contributed by atoms with Crippen molar-refractivity contribution in [2.45, 2.75) is 12.8 Å². The summed E-state index contributed by atoms with van der Waals surface area (Å²) in [6.07, 6.45) is 35.8. The zero-order valence-electron chi connectivity index (χ0n) is 30.7. The van der Waals surface area contributed by atoms with Crippen LogP contribution in [0.5, 0.6) is 0 Å². The minimum absolute atomic E-state index is 0.205. The fourth-order valence-electron chi connectivity index (χ4n) is 7.99. The van der Waals surface area contributed by atoms with Crippen molar-refractivity contribution < 1.29 is 0 Å². The van der Waals surface area contributed by atoms with Crippen LogP contribution in [-0.2, 0) is 0 Å². The first-order chi connectivity index (χ1) is 27.3. The normalized spacial score (nSPS) is 23.2. The maximum Gasteiger partial charge on any atom is 0.145 e. The quantitative estimate of drug-likeness (QED) is 0.174. The van der Waals surface area contributed by atoms with E-state index in [2.05, 4.69) is 223 Å². The van der Waals surface area contributed by atoms with E-state index in [1.165, 1.54) is 38.3 Å². The Hall–Kier alpha value is -6.77. The number of nitrogens with zero attached hydrogens (tertiary/aromatic N) is 2. The van der Waals surface area contributed by atoms with Gasteiger partial charge in [-0.25, -0.2) is 4.98 Å². The lowest BCUT2D eigenvalue weighted by Gasteiger charge is -2.26. The molecule has 3 aliphatic rings. The summed E-state index contributed by atoms with van der Waals surface area (Å²) < 4.78 is 2.26. The van der Waals surface area contributed by atoms with E-state index in [0.717, 1.165) is 46.5 Å². The maximum atomic E-state index is 5.12. The molecule has 2 atom stereocenters. The SMILES string of the molecule is C1=CC2/C=C/C=C\C=C/C=C(\C3=c4/ccc(-c5ccc(-c6nc7ccccc7n6-c6ccccc6)cc5)c/c4=C(c4ccccc4)/C=C/CCC=C3)C2C=C1. The molecule has 6 aromatic rings. The monoisotopic (exact) mass is 706 g/mol. The van der Waals surface area contributed by atoms with Crippen molar-refractivity contribution in [3.8, 4) is 28.2 Å². The highest BCUT2D eigenvalue weighted by molar-refractivity contribution is 5.84. The van der Waals surface area contributed by atoms with Gasteiger partial charge in [0.15, 0.2) is 0 Å². The van der Waals surface area contributed by atoms with Crippen molar-refractivity contribution in [2.24, 2.45) is 11.8 Å². The fourth-order valence-corrected chi connectivity index (χ4v) is 7.99. The van der Waals surface area contributed by atoms with Crippen LogP contribution in [0, 0.1) is 11.8 Å². The molecule has 0 amide bonds. The van der Waals surface area contributed by atoms with Crippen molar-refractivity contribution in [1.82, 2.24) is 9.55 Å². The Kier molecular flexibility index (Phi) is 9.70. The van der Waals surface area contributed by atoms with Gasteiger partial charge in [-0.15, -0.1) is 0 Å². The lowest BCUT2D eigenvalue weighted by molar-refractivity contribution is 0.647. The Morgan fingerprint density at radius 2 is 1.13 bits per heavy atom. The summed E-state index contributed by atoms with van der Waals surface area (Å²) in [5, 5.41) is 2.46. The van der Waals surface area contributed by atoms with Gasteiger partial charge < -0.3 is 0 Å². The number of allylic oxidation sites excluding steroid dienone is 16. The molecule has 0 spiro atoms. The molecule has 2 nitrogen and oxygen atoms in total. The fraction of sp³-hybridized carbons (Fsp3) is 0.0755. The first kappa shape index (κ1) is 34.0. The van der Waals surface area contributed by atoms with Gasteiger partial charge in [0.2, 0.25) is 0 Å². The summed E-state index contributed by atoms with van der Waals surface area (Å²) in [7, 11) is 0. The summed E-state index contributed by atoms with van der Waals surface area (Å²) in [6, 6.07) is 45.7. The minimum atomic E-state index is 0.205. The molecule has 264 valence electrons. The second-order valence-electron chi connectivity index (χ2n) is 14.2. The molecule has 55 heavy (non-hydrogen) atoms. The van der Waals surface area contributed by atoms with E-state index in [-0.39, 0.29) is 11.8 Å². The third kappa shape index (κ3) is 7.03. The molecule has 0 bridgehead atoms. The van der Waals surface area contributed by atoms with Crippen LogP contribution >= 0.6 is 0 Å². The molecular formula is C53H42N2. The number of benzene rings is 5. The molecule has 2 unspecified atom stereocenters. The van der Waals surface area contributed by atoms with E-state index in [0.29, 0.717) is 0 Å². The number of fused-ring (bicyclic) bond motifs is 3. The van der Waals surface area contributed by atoms with Gasteiger partial charge >= 0.3 is 0 Å². The van der Waals surface area contributed by atoms with Crippen molar-refractivity contribution in [2.75, 3.05) is 0 Å². The van der Waals surface area contributed by atoms with Crippen LogP contribution in [-0.4, -0.2) is 9.55 Å². The van der Waals surface area contributed by atoms with E-state index < -0.39 is 0 Å². The molecule has 5 aromatic carbocycles. The van der Waals surface area contributed by atoms with E-state index in [1.54, 1.807) is 0 Å². The molecule has 0 aliphatic heterocycles. The van der Waals surface area contributed by atoms with Crippen LogP contribution in [0.25, 0.3) is 50.4 Å². The predicted molar refractivity (Wildman–Crippen MR) is 232 cm³/mol. The lowest BCUT2D eigenvalue weighted by atomic mass is 9.78. The van der Waals surface area contributed by atoms with Gasteiger partial charge in [-0.2, -0.15) is 0 Å². The number of hydrogen-bond donors (Lipinski definition) is 0. The third-order valence-electron chi connectivity index (χ3n) is 10.7. The summed E-state index contributed by atoms with van der Waals surface area (Å²) in [5.41, 5.74) is 11.6. The summed E-state index contributed by atoms with van der Waals surface area (Å²) in [5.74, 6) is 1.40. The molecule has 1 heterocycles. The van der Waals surface area contributed by atoms with Gasteiger partial charge in [-0.3, -0.25) is 4.57 Å². The molecule has 9 rings (SSSR count). The zero-order chi connectivity index (χ0) is 36.8. The van der Waals surface area contributed by atoms with Crippen molar-refractivity contribution in [3.63, 3.8) is 0 Å². The second-order valence-corrected chi connectivity index (χ2v) is 14.2. The summed E-state index contributed by atoms with van der Waals surface area (Å²) in [6.45, 7) is 0. The second kappa shape index (κ2) is 15.7. The molecule has 0 saturated carbocycles. The number of aromatic nitrogens is 2. The van der Waals surface area contributed by atoms with Gasteiger partial charge in [0, 0.05) is 23.1 Å². The highest BCUT2D eigenvalue weighted by Gasteiger charge is 2.23. The van der Waals surface area contributed by atoms with Crippen molar-refractivity contribution in [3.05, 3.63) is 240 Å². The molecule has 0 N–H and O–H groups in total. The van der Waals surface area contributed by atoms with E-state index in [9.17, 15) is 0 Å². The molecule has 0 saturated heterocycles. The largest absolute Gasteiger partial charge is 0.292 e. The number of rotatable bonds is 5. The number of para-hydroxylation sites is 3. The minimum Gasteiger partial charge on any atom is -0.292 e. The average Bonchev–Trinajstić information content (AvgIpc) is 3.64. The summed E-state index contributed by atoms with van der Waals surface area (Å²) >= 11 is 0. The molecule has 0 fully saturated rings. The van der Waals surface area contributed by atoms with Gasteiger partial charge in [0.25, 0.3) is 0 Å². The van der Waals surface area contributed by atoms with Crippen LogP contribution in [0.3, 0.4) is 0 Å². The Labute approximate surface area is 323 Å². The Morgan fingerprint density at radius 1 is 0.491 bits per heavy atom. The number of hydrogen-bond acceptors (Lipinski definition) is 1. The maximum absolute atomic E-state index is 5.12. The van der Waals surface area contributed by atoms with Crippen molar-refractivity contribution >= 4 is 22.2 Å². The lowest BCUT2D eigenvalue weighted by Crippen LogP contribution is -2.31. The Bertz CT molecular complexity index is 2730. The topological polar surface area (TPSA) is 17.8 Å². The van der Waals surface area contributed by atoms with Crippen LogP contribution in [0.2, 0.25) is 0 Å². The predicted octanol–water partition coefficient (Wildman–Crippen LogP) is 11.6.